The molecule has 0 bridgehead atoms. The lowest BCUT2D eigenvalue weighted by Gasteiger charge is -2.27. The van der Waals surface area contributed by atoms with E-state index in [1.165, 1.54) is 19.3 Å². The first kappa shape index (κ1) is 18.5. The first-order valence-corrected chi connectivity index (χ1v) is 7.88. The van der Waals surface area contributed by atoms with E-state index in [9.17, 15) is 0 Å². The second kappa shape index (κ2) is 9.50. The second-order valence-corrected chi connectivity index (χ2v) is 5.82. The largest absolute Gasteiger partial charge is 0.495 e. The molecule has 21 heavy (non-hydrogen) atoms. The van der Waals surface area contributed by atoms with Gasteiger partial charge in [-0.2, -0.15) is 0 Å². The van der Waals surface area contributed by atoms with Crippen molar-refractivity contribution in [3.8, 4) is 5.75 Å². The van der Waals surface area contributed by atoms with Crippen molar-refractivity contribution in [3.63, 3.8) is 0 Å². The number of methoxy groups -OCH3 is 1. The molecule has 1 aromatic rings. The minimum Gasteiger partial charge on any atom is -0.495 e. The SMILES string of the molecule is COc1c(Br)cccc1CCN=C(N)N1CCCCC1.I. The lowest BCUT2D eigenvalue weighted by molar-refractivity contribution is 0.338. The molecule has 118 valence electrons. The van der Waals surface area contributed by atoms with Gasteiger partial charge in [-0.1, -0.05) is 12.1 Å². The van der Waals surface area contributed by atoms with Crippen LogP contribution in [0.2, 0.25) is 0 Å². The van der Waals surface area contributed by atoms with Crippen LogP contribution in [0.5, 0.6) is 5.75 Å². The molecule has 0 unspecified atom stereocenters. The summed E-state index contributed by atoms with van der Waals surface area (Å²) in [6.07, 6.45) is 4.57. The van der Waals surface area contributed by atoms with Crippen molar-refractivity contribution in [2.24, 2.45) is 10.7 Å². The Morgan fingerprint density at radius 3 is 2.71 bits per heavy atom. The van der Waals surface area contributed by atoms with Gasteiger partial charge in [0.25, 0.3) is 0 Å². The van der Waals surface area contributed by atoms with Gasteiger partial charge in [0.1, 0.15) is 5.75 Å². The summed E-state index contributed by atoms with van der Waals surface area (Å²) in [5.41, 5.74) is 7.20. The number of nitrogens with zero attached hydrogens (tertiary/aromatic N) is 2. The average Bonchev–Trinajstić information content (AvgIpc) is 2.48. The van der Waals surface area contributed by atoms with Crippen LogP contribution in [0, 0.1) is 0 Å². The van der Waals surface area contributed by atoms with E-state index in [1.807, 2.05) is 12.1 Å². The van der Waals surface area contributed by atoms with Crippen molar-refractivity contribution in [3.05, 3.63) is 28.2 Å². The third-order valence-corrected chi connectivity index (χ3v) is 4.21. The molecule has 2 rings (SSSR count). The molecule has 1 fully saturated rings. The molecular weight excluding hydrogens is 445 g/mol. The molecule has 0 aromatic heterocycles. The van der Waals surface area contributed by atoms with Gasteiger partial charge in [0.2, 0.25) is 0 Å². The third kappa shape index (κ3) is 5.32. The maximum atomic E-state index is 6.05. The highest BCUT2D eigenvalue weighted by atomic mass is 127. The molecule has 0 radical (unpaired) electrons. The molecule has 2 N–H and O–H groups in total. The Morgan fingerprint density at radius 1 is 1.33 bits per heavy atom. The number of para-hydroxylation sites is 1. The fourth-order valence-electron chi connectivity index (χ4n) is 2.49. The van der Waals surface area contributed by atoms with E-state index in [4.69, 9.17) is 10.5 Å². The average molecular weight is 468 g/mol. The van der Waals surface area contributed by atoms with Crippen LogP contribution in [0.15, 0.2) is 27.7 Å². The topological polar surface area (TPSA) is 50.9 Å². The highest BCUT2D eigenvalue weighted by molar-refractivity contribution is 14.0. The highest BCUT2D eigenvalue weighted by Gasteiger charge is 2.12. The Labute approximate surface area is 152 Å². The van der Waals surface area contributed by atoms with Gasteiger partial charge in [0.15, 0.2) is 5.96 Å². The predicted molar refractivity (Wildman–Crippen MR) is 102 cm³/mol. The smallest absolute Gasteiger partial charge is 0.191 e. The standard InChI is InChI=1S/C15H22BrN3O.HI/c1-20-14-12(6-5-7-13(14)16)8-9-18-15(17)19-10-3-2-4-11-19;/h5-7H,2-4,8-11H2,1H3,(H2,17,18);1H. The molecule has 0 spiro atoms. The maximum absolute atomic E-state index is 6.05. The molecule has 1 aromatic carbocycles. The van der Waals surface area contributed by atoms with Gasteiger partial charge in [0, 0.05) is 19.6 Å². The zero-order valence-corrected chi connectivity index (χ0v) is 16.3. The van der Waals surface area contributed by atoms with E-state index in [2.05, 4.69) is 31.9 Å². The van der Waals surface area contributed by atoms with Crippen LogP contribution in [0.25, 0.3) is 0 Å². The summed E-state index contributed by atoms with van der Waals surface area (Å²) in [5.74, 6) is 1.57. The lowest BCUT2D eigenvalue weighted by Crippen LogP contribution is -2.41. The molecule has 1 heterocycles. The second-order valence-electron chi connectivity index (χ2n) is 4.97. The minimum absolute atomic E-state index is 0. The number of ether oxygens (including phenoxy) is 1. The zero-order valence-electron chi connectivity index (χ0n) is 12.3. The van der Waals surface area contributed by atoms with Gasteiger partial charge in [-0.25, -0.2) is 0 Å². The maximum Gasteiger partial charge on any atom is 0.191 e. The summed E-state index contributed by atoms with van der Waals surface area (Å²) in [6, 6.07) is 6.06. The number of halogens is 2. The van der Waals surface area contributed by atoms with E-state index < -0.39 is 0 Å². The number of piperidine rings is 1. The summed E-state index contributed by atoms with van der Waals surface area (Å²) < 4.78 is 6.39. The van der Waals surface area contributed by atoms with Crippen LogP contribution in [0.3, 0.4) is 0 Å². The third-order valence-electron chi connectivity index (χ3n) is 3.59. The Hall–Kier alpha value is -0.500. The van der Waals surface area contributed by atoms with Crippen LogP contribution in [-0.2, 0) is 6.42 Å². The number of likely N-dealkylation sites (tertiary alicyclic amines) is 1. The summed E-state index contributed by atoms with van der Waals surface area (Å²) >= 11 is 3.50. The summed E-state index contributed by atoms with van der Waals surface area (Å²) in [4.78, 5) is 6.68. The van der Waals surface area contributed by atoms with Gasteiger partial charge in [-0.3, -0.25) is 4.99 Å². The first-order valence-electron chi connectivity index (χ1n) is 7.08. The molecule has 1 aliphatic rings. The Kier molecular flexibility index (Phi) is 8.39. The number of hydrogen-bond acceptors (Lipinski definition) is 2. The molecule has 1 saturated heterocycles. The van der Waals surface area contributed by atoms with E-state index in [0.717, 1.165) is 35.3 Å². The van der Waals surface area contributed by atoms with E-state index in [1.54, 1.807) is 7.11 Å². The minimum atomic E-state index is 0. The monoisotopic (exact) mass is 467 g/mol. The van der Waals surface area contributed by atoms with Crippen molar-refractivity contribution in [2.75, 3.05) is 26.7 Å². The predicted octanol–water partition coefficient (Wildman–Crippen LogP) is 3.42. The number of aliphatic imine (C=N–C) groups is 1. The summed E-state index contributed by atoms with van der Waals surface area (Å²) in [7, 11) is 1.69. The fraction of sp³-hybridized carbons (Fsp3) is 0.533. The van der Waals surface area contributed by atoms with Gasteiger partial charge in [-0.15, -0.1) is 24.0 Å². The molecule has 1 aliphatic heterocycles. The van der Waals surface area contributed by atoms with Crippen LogP contribution in [0.1, 0.15) is 24.8 Å². The van der Waals surface area contributed by atoms with Crippen molar-refractivity contribution in [1.82, 2.24) is 4.90 Å². The molecule has 0 atom stereocenters. The molecular formula is C15H23BrIN3O. The van der Waals surface area contributed by atoms with E-state index in [-0.39, 0.29) is 24.0 Å². The van der Waals surface area contributed by atoms with E-state index in [0.29, 0.717) is 12.5 Å². The van der Waals surface area contributed by atoms with Crippen molar-refractivity contribution in [2.45, 2.75) is 25.7 Å². The van der Waals surface area contributed by atoms with Crippen molar-refractivity contribution in [1.29, 1.82) is 0 Å². The summed E-state index contributed by atoms with van der Waals surface area (Å²) in [6.45, 7) is 2.76. The van der Waals surface area contributed by atoms with Gasteiger partial charge in [0.05, 0.1) is 11.6 Å². The first-order chi connectivity index (χ1) is 9.72. The Balaban J connectivity index is 0.00000220. The number of benzene rings is 1. The molecule has 0 saturated carbocycles. The number of nitrogens with two attached hydrogens (primary N) is 1. The number of hydrogen-bond donors (Lipinski definition) is 1. The number of rotatable bonds is 4. The lowest BCUT2D eigenvalue weighted by atomic mass is 10.1. The van der Waals surface area contributed by atoms with Crippen molar-refractivity contribution < 1.29 is 4.74 Å². The quantitative estimate of drug-likeness (QED) is 0.419. The van der Waals surface area contributed by atoms with Crippen molar-refractivity contribution >= 4 is 45.9 Å². The van der Waals surface area contributed by atoms with Gasteiger partial charge >= 0.3 is 0 Å². The van der Waals surface area contributed by atoms with Gasteiger partial charge < -0.3 is 15.4 Å². The van der Waals surface area contributed by atoms with Crippen LogP contribution >= 0.6 is 39.9 Å². The van der Waals surface area contributed by atoms with Crippen LogP contribution in [0.4, 0.5) is 0 Å². The molecule has 0 amide bonds. The molecule has 4 nitrogen and oxygen atoms in total. The fourth-order valence-corrected chi connectivity index (χ4v) is 3.06. The Morgan fingerprint density at radius 2 is 2.05 bits per heavy atom. The molecule has 6 heteroatoms. The Bertz CT molecular complexity index is 476. The zero-order chi connectivity index (χ0) is 14.4. The summed E-state index contributed by atoms with van der Waals surface area (Å²) in [5, 5.41) is 0. The number of guanidine groups is 1. The van der Waals surface area contributed by atoms with Crippen LogP contribution in [-0.4, -0.2) is 37.6 Å². The van der Waals surface area contributed by atoms with Gasteiger partial charge in [-0.05, 0) is 53.2 Å². The van der Waals surface area contributed by atoms with E-state index >= 15 is 0 Å². The molecule has 0 aliphatic carbocycles. The van der Waals surface area contributed by atoms with Crippen LogP contribution < -0.4 is 10.5 Å². The normalized spacial score (nSPS) is 15.5. The highest BCUT2D eigenvalue weighted by Crippen LogP contribution is 2.28.